The predicted molar refractivity (Wildman–Crippen MR) is 342 cm³/mol. The number of rotatable bonds is 7. The number of para-hydroxylation sites is 4. The summed E-state index contributed by atoms with van der Waals surface area (Å²) in [4.78, 5) is 4.91. The van der Waals surface area contributed by atoms with Gasteiger partial charge in [0.15, 0.2) is 0 Å². The van der Waals surface area contributed by atoms with Gasteiger partial charge in [-0.15, -0.1) is 29.7 Å². The van der Waals surface area contributed by atoms with Gasteiger partial charge in [0.1, 0.15) is 5.82 Å². The number of pyridine rings is 1. The van der Waals surface area contributed by atoms with Gasteiger partial charge in [0.25, 0.3) is 6.33 Å². The van der Waals surface area contributed by atoms with Gasteiger partial charge < -0.3 is 13.9 Å². The van der Waals surface area contributed by atoms with Crippen molar-refractivity contribution in [3.8, 4) is 95.5 Å². The molecule has 10 aromatic carbocycles. The molecule has 0 saturated carbocycles. The molecule has 84 heavy (non-hydrogen) atoms. The van der Waals surface area contributed by atoms with E-state index in [1.165, 1.54) is 61.2 Å². The van der Waals surface area contributed by atoms with Gasteiger partial charge in [-0.25, -0.2) is 4.98 Å². The summed E-state index contributed by atoms with van der Waals surface area (Å²) in [5, 5.41) is 2.21. The predicted octanol–water partition coefficient (Wildman–Crippen LogP) is 19.8. The molecule has 0 fully saturated rings. The van der Waals surface area contributed by atoms with Crippen LogP contribution >= 0.6 is 0 Å². The molecule has 6 heteroatoms. The van der Waals surface area contributed by atoms with Crippen molar-refractivity contribution in [2.45, 2.75) is 78.6 Å². The first-order valence-corrected chi connectivity index (χ1v) is 28.9. The van der Waals surface area contributed by atoms with Crippen LogP contribution in [-0.2, 0) is 37.3 Å². The van der Waals surface area contributed by atoms with Crippen molar-refractivity contribution in [1.82, 2.24) is 14.1 Å². The van der Waals surface area contributed by atoms with Gasteiger partial charge in [-0.05, 0) is 135 Å². The smallest absolute Gasteiger partial charge is 0.268 e. The normalized spacial score (nSPS) is 12.2. The van der Waals surface area contributed by atoms with Crippen LogP contribution in [0.15, 0.2) is 225 Å². The van der Waals surface area contributed by atoms with Gasteiger partial charge in [-0.1, -0.05) is 232 Å². The fraction of sp³-hybridized carbons (Fsp3) is 0.154. The number of imidazole rings is 1. The maximum atomic E-state index is 6.80. The van der Waals surface area contributed by atoms with Crippen LogP contribution in [0.5, 0.6) is 11.5 Å². The van der Waals surface area contributed by atoms with Crippen molar-refractivity contribution in [2.24, 2.45) is 0 Å². The van der Waals surface area contributed by atoms with Crippen molar-refractivity contribution in [3.05, 3.63) is 260 Å². The molecule has 0 unspecified atom stereocenters. The molecule has 0 bridgehead atoms. The Bertz CT molecular complexity index is 4690. The number of aromatic nitrogens is 4. The van der Waals surface area contributed by atoms with Gasteiger partial charge in [0.05, 0.1) is 16.7 Å². The molecule has 0 radical (unpaired) electrons. The zero-order valence-electron chi connectivity index (χ0n) is 48.9. The Morgan fingerprint density at radius 2 is 0.929 bits per heavy atom. The molecule has 1 aliphatic carbocycles. The Labute approximate surface area is 507 Å². The molecule has 0 saturated heterocycles. The molecule has 1 aliphatic rings. The third-order valence-corrected chi connectivity index (χ3v) is 16.7. The summed E-state index contributed by atoms with van der Waals surface area (Å²) in [6.07, 6.45) is 5.86. The molecule has 0 N–H and O–H groups in total. The third kappa shape index (κ3) is 9.49. The van der Waals surface area contributed by atoms with Crippen molar-refractivity contribution >= 4 is 32.8 Å². The first-order chi connectivity index (χ1) is 40.0. The molecule has 3 heterocycles. The van der Waals surface area contributed by atoms with E-state index < -0.39 is 0 Å². The van der Waals surface area contributed by atoms with E-state index in [-0.39, 0.29) is 37.3 Å². The van der Waals surface area contributed by atoms with Crippen molar-refractivity contribution in [2.75, 3.05) is 0 Å². The van der Waals surface area contributed by atoms with Gasteiger partial charge in [0, 0.05) is 44.3 Å². The standard InChI is InChI=1S/C78H64N4O.Pt/c1-76(2,3)52-40-41-79-74(46-52)82-70-33-17-16-30-67(70)68-39-37-57(48-73(68)82)83-56-23-20-22-55(47-56)80-49-81(72-35-19-18-34-71(72)80)75-58(31-21-32-59(75)51-42-53(77(4,5)6)45-54(43-51)78(7,8)9)50-36-38-66-64-28-13-12-26-62(64)60-24-10-11-25-61(60)63-27-14-15-29-65(63)69(66)44-50;/h10-46H,1-9H3;/q-2;. The van der Waals surface area contributed by atoms with Crippen LogP contribution in [0.25, 0.3) is 117 Å². The molecule has 414 valence electrons. The molecule has 0 aliphatic heterocycles. The average molecular weight is 1270 g/mol. The first kappa shape index (κ1) is 54.4. The molecule has 0 amide bonds. The summed E-state index contributed by atoms with van der Waals surface area (Å²) in [5.74, 6) is 1.98. The monoisotopic (exact) mass is 1270 g/mol. The number of hydrogen-bond acceptors (Lipinski definition) is 2. The van der Waals surface area contributed by atoms with E-state index in [1.807, 2.05) is 24.4 Å². The fourth-order valence-corrected chi connectivity index (χ4v) is 12.3. The van der Waals surface area contributed by atoms with E-state index in [9.17, 15) is 0 Å². The number of benzene rings is 10. The number of hydrogen-bond donors (Lipinski definition) is 0. The van der Waals surface area contributed by atoms with Crippen LogP contribution in [0.3, 0.4) is 0 Å². The second-order valence-corrected chi connectivity index (χ2v) is 25.2. The second-order valence-electron chi connectivity index (χ2n) is 25.2. The first-order valence-electron chi connectivity index (χ1n) is 28.9. The van der Waals surface area contributed by atoms with Crippen LogP contribution in [0.1, 0.15) is 79.0 Å². The molecular formula is C78H64N4OPt-2. The number of fused-ring (bicyclic) bond motifs is 12. The summed E-state index contributed by atoms with van der Waals surface area (Å²) in [7, 11) is 0. The molecule has 3 aromatic heterocycles. The van der Waals surface area contributed by atoms with E-state index >= 15 is 0 Å². The minimum Gasteiger partial charge on any atom is -0.510 e. The summed E-state index contributed by atoms with van der Waals surface area (Å²) in [6.45, 7) is 20.6. The SMILES string of the molecule is CC(C)(C)c1cc(-c2cccc(-c3ccc4c(c3)-c3ccccc3-c3ccccc3-c3ccccc3-4)c2-[n+]2[c-]n(-c3[c-]c(Oc4[c-]c5c(cc4)c4ccccc4n5-c4cc(C(C)(C)C)ccn4)ccc3)c3ccccc32)cc(C(C)(C)C)c1.[Pt]. The Kier molecular flexibility index (Phi) is 13.4. The summed E-state index contributed by atoms with van der Waals surface area (Å²) >= 11 is 0. The van der Waals surface area contributed by atoms with Gasteiger partial charge in [-0.2, -0.15) is 18.2 Å². The zero-order chi connectivity index (χ0) is 56.9. The van der Waals surface area contributed by atoms with Gasteiger partial charge in [0.2, 0.25) is 0 Å². The average Bonchev–Trinajstić information content (AvgIpc) is 1.66. The maximum Gasteiger partial charge on any atom is 0.268 e. The number of ether oxygens (including phenoxy) is 1. The van der Waals surface area contributed by atoms with Crippen LogP contribution in [-0.4, -0.2) is 14.1 Å². The summed E-state index contributed by atoms with van der Waals surface area (Å²) in [6, 6.07) is 86.7. The number of nitrogens with zero attached hydrogens (tertiary/aromatic N) is 4. The Morgan fingerprint density at radius 1 is 0.405 bits per heavy atom. The van der Waals surface area contributed by atoms with Crippen LogP contribution in [0.4, 0.5) is 0 Å². The van der Waals surface area contributed by atoms with Crippen molar-refractivity contribution in [3.63, 3.8) is 0 Å². The van der Waals surface area contributed by atoms with E-state index in [0.29, 0.717) is 11.5 Å². The molecule has 13 aromatic rings. The fourth-order valence-electron chi connectivity index (χ4n) is 12.3. The molecule has 0 atom stereocenters. The van der Waals surface area contributed by atoms with Gasteiger partial charge >= 0.3 is 0 Å². The minimum atomic E-state index is -0.0960. The molecule has 14 rings (SSSR count). The van der Waals surface area contributed by atoms with Gasteiger partial charge in [-0.3, -0.25) is 4.57 Å². The van der Waals surface area contributed by atoms with Crippen LogP contribution in [0.2, 0.25) is 0 Å². The van der Waals surface area contributed by atoms with Crippen molar-refractivity contribution < 1.29 is 30.4 Å². The van der Waals surface area contributed by atoms with E-state index in [2.05, 4.69) is 295 Å². The summed E-state index contributed by atoms with van der Waals surface area (Å²) < 4.78 is 13.4. The van der Waals surface area contributed by atoms with E-state index in [1.54, 1.807) is 0 Å². The molecule has 5 nitrogen and oxygen atoms in total. The van der Waals surface area contributed by atoms with Crippen LogP contribution < -0.4 is 9.30 Å². The Morgan fingerprint density at radius 3 is 1.56 bits per heavy atom. The molecular weight excluding hydrogens is 1200 g/mol. The van der Waals surface area contributed by atoms with Crippen LogP contribution in [0, 0.1) is 18.5 Å². The van der Waals surface area contributed by atoms with E-state index in [4.69, 9.17) is 9.72 Å². The maximum absolute atomic E-state index is 6.80. The summed E-state index contributed by atoms with van der Waals surface area (Å²) in [5.41, 5.74) is 23.5. The minimum absolute atomic E-state index is 0. The van der Waals surface area contributed by atoms with E-state index in [0.717, 1.165) is 72.3 Å². The molecule has 0 spiro atoms. The Balaban J connectivity index is 0.00000658. The Hall–Kier alpha value is -8.89. The third-order valence-electron chi connectivity index (χ3n) is 16.7. The largest absolute Gasteiger partial charge is 0.510 e. The zero-order valence-corrected chi connectivity index (χ0v) is 51.1. The topological polar surface area (TPSA) is 35.9 Å². The van der Waals surface area contributed by atoms with Crippen molar-refractivity contribution in [1.29, 1.82) is 0 Å². The quantitative estimate of drug-likeness (QED) is 0.118. The second kappa shape index (κ2) is 20.8.